The van der Waals surface area contributed by atoms with Crippen LogP contribution in [0, 0.1) is 11.3 Å². The van der Waals surface area contributed by atoms with Crippen LogP contribution in [-0.4, -0.2) is 23.8 Å². The van der Waals surface area contributed by atoms with Crippen molar-refractivity contribution in [3.8, 4) is 0 Å². The Hall–Kier alpha value is -1.31. The molecule has 0 spiro atoms. The van der Waals surface area contributed by atoms with Crippen LogP contribution in [0.25, 0.3) is 0 Å². The first-order valence-electron chi connectivity index (χ1n) is 6.20. The molecule has 1 aromatic rings. The van der Waals surface area contributed by atoms with Crippen molar-refractivity contribution in [1.82, 2.24) is 4.90 Å². The van der Waals surface area contributed by atoms with Gasteiger partial charge >= 0.3 is 0 Å². The molecule has 1 N–H and O–H groups in total. The van der Waals surface area contributed by atoms with Crippen LogP contribution in [0.4, 0.5) is 0 Å². The molecule has 0 radical (unpaired) electrons. The van der Waals surface area contributed by atoms with Crippen molar-refractivity contribution in [2.75, 3.05) is 13.1 Å². The predicted molar refractivity (Wildman–Crippen MR) is 67.9 cm³/mol. The number of nitrogens with one attached hydrogen (secondary N) is 1. The molecule has 1 heterocycles. The van der Waals surface area contributed by atoms with Crippen molar-refractivity contribution < 1.29 is 0 Å². The summed E-state index contributed by atoms with van der Waals surface area (Å²) in [6, 6.07) is 10.1. The zero-order valence-electron chi connectivity index (χ0n) is 9.95. The lowest BCUT2D eigenvalue weighted by molar-refractivity contribution is 0.252. The van der Waals surface area contributed by atoms with E-state index < -0.39 is 0 Å². The fraction of sp³-hybridized carbons (Fsp3) is 0.500. The first-order chi connectivity index (χ1) is 7.81. The minimum atomic E-state index is 0.693. The van der Waals surface area contributed by atoms with Crippen LogP contribution in [0.5, 0.6) is 0 Å². The van der Waals surface area contributed by atoms with E-state index in [1.165, 1.54) is 19.3 Å². The Bertz CT molecular complexity index is 345. The van der Waals surface area contributed by atoms with Crippen molar-refractivity contribution in [1.29, 1.82) is 5.41 Å². The molecular formula is C14H20N2. The second-order valence-electron chi connectivity index (χ2n) is 4.58. The second-order valence-corrected chi connectivity index (χ2v) is 4.58. The summed E-state index contributed by atoms with van der Waals surface area (Å²) in [7, 11) is 0. The molecule has 2 nitrogen and oxygen atoms in total. The Morgan fingerprint density at radius 2 is 2.12 bits per heavy atom. The van der Waals surface area contributed by atoms with E-state index in [0.717, 1.165) is 24.6 Å². The maximum atomic E-state index is 8.22. The van der Waals surface area contributed by atoms with Gasteiger partial charge in [-0.2, -0.15) is 0 Å². The summed E-state index contributed by atoms with van der Waals surface area (Å²) in [6.45, 7) is 4.36. The summed E-state index contributed by atoms with van der Waals surface area (Å²) in [5.41, 5.74) is 1.04. The number of likely N-dealkylation sites (tertiary alicyclic amines) is 1. The van der Waals surface area contributed by atoms with Crippen LogP contribution in [0.2, 0.25) is 0 Å². The highest BCUT2D eigenvalue weighted by Crippen LogP contribution is 2.20. The highest BCUT2D eigenvalue weighted by molar-refractivity contribution is 5.96. The molecule has 1 unspecified atom stereocenters. The van der Waals surface area contributed by atoms with E-state index >= 15 is 0 Å². The molecule has 0 saturated carbocycles. The van der Waals surface area contributed by atoms with Crippen molar-refractivity contribution in [2.24, 2.45) is 5.92 Å². The largest absolute Gasteiger partial charge is 0.356 e. The van der Waals surface area contributed by atoms with E-state index in [-0.39, 0.29) is 0 Å². The third-order valence-corrected chi connectivity index (χ3v) is 3.46. The summed E-state index contributed by atoms with van der Waals surface area (Å²) < 4.78 is 0. The first kappa shape index (κ1) is 11.2. The maximum absolute atomic E-state index is 8.22. The van der Waals surface area contributed by atoms with Crippen molar-refractivity contribution >= 4 is 5.84 Å². The lowest BCUT2D eigenvalue weighted by Crippen LogP contribution is -2.39. The molecule has 0 aromatic heterocycles. The Morgan fingerprint density at radius 1 is 1.38 bits per heavy atom. The van der Waals surface area contributed by atoms with Crippen LogP contribution in [0.1, 0.15) is 31.7 Å². The van der Waals surface area contributed by atoms with E-state index in [9.17, 15) is 0 Å². The highest BCUT2D eigenvalue weighted by atomic mass is 15.2. The van der Waals surface area contributed by atoms with Crippen LogP contribution >= 0.6 is 0 Å². The Kier molecular flexibility index (Phi) is 3.60. The van der Waals surface area contributed by atoms with Crippen LogP contribution < -0.4 is 0 Å². The minimum Gasteiger partial charge on any atom is -0.356 e. The van der Waals surface area contributed by atoms with Crippen molar-refractivity contribution in [3.63, 3.8) is 0 Å². The topological polar surface area (TPSA) is 27.1 Å². The first-order valence-corrected chi connectivity index (χ1v) is 6.20. The Labute approximate surface area is 97.8 Å². The molecule has 0 amide bonds. The van der Waals surface area contributed by atoms with E-state index in [2.05, 4.69) is 11.8 Å². The molecule has 1 aliphatic heterocycles. The second kappa shape index (κ2) is 5.15. The Balaban J connectivity index is 2.05. The number of piperidine rings is 1. The maximum Gasteiger partial charge on any atom is 0.128 e. The lowest BCUT2D eigenvalue weighted by atomic mass is 9.95. The smallest absolute Gasteiger partial charge is 0.128 e. The SMILES string of the molecule is CCC1CCCN(C(=N)c2ccccc2)C1. The molecular weight excluding hydrogens is 196 g/mol. The van der Waals surface area contributed by atoms with E-state index in [0.29, 0.717) is 5.84 Å². The van der Waals surface area contributed by atoms with Crippen LogP contribution in [0.15, 0.2) is 30.3 Å². The molecule has 2 rings (SSSR count). The van der Waals surface area contributed by atoms with Gasteiger partial charge in [0.2, 0.25) is 0 Å². The number of rotatable bonds is 2. The van der Waals surface area contributed by atoms with Gasteiger partial charge in [-0.05, 0) is 18.8 Å². The lowest BCUT2D eigenvalue weighted by Gasteiger charge is -2.34. The highest BCUT2D eigenvalue weighted by Gasteiger charge is 2.20. The predicted octanol–water partition coefficient (Wildman–Crippen LogP) is 3.13. The average molecular weight is 216 g/mol. The summed E-state index contributed by atoms with van der Waals surface area (Å²) in [5, 5.41) is 8.22. The standard InChI is InChI=1S/C14H20N2/c1-2-12-7-6-10-16(11-12)14(15)13-8-4-3-5-9-13/h3-5,8-9,12,15H,2,6-7,10-11H2,1H3. The number of nitrogens with zero attached hydrogens (tertiary/aromatic N) is 1. The molecule has 1 fully saturated rings. The summed E-state index contributed by atoms with van der Waals surface area (Å²) in [4.78, 5) is 2.23. The van der Waals surface area contributed by atoms with Gasteiger partial charge in [-0.25, -0.2) is 0 Å². The monoisotopic (exact) mass is 216 g/mol. The molecule has 1 saturated heterocycles. The van der Waals surface area contributed by atoms with E-state index in [4.69, 9.17) is 5.41 Å². The van der Waals surface area contributed by atoms with E-state index in [1.807, 2.05) is 30.3 Å². The van der Waals surface area contributed by atoms with Gasteiger partial charge in [0.1, 0.15) is 5.84 Å². The third kappa shape index (κ3) is 2.43. The fourth-order valence-corrected chi connectivity index (χ4v) is 2.38. The third-order valence-electron chi connectivity index (χ3n) is 3.46. The van der Waals surface area contributed by atoms with Gasteiger partial charge in [-0.3, -0.25) is 5.41 Å². The van der Waals surface area contributed by atoms with Gasteiger partial charge in [-0.15, -0.1) is 0 Å². The summed E-state index contributed by atoms with van der Waals surface area (Å²) >= 11 is 0. The molecule has 0 aliphatic carbocycles. The van der Waals surface area contributed by atoms with Crippen molar-refractivity contribution in [3.05, 3.63) is 35.9 Å². The Morgan fingerprint density at radius 3 is 2.81 bits per heavy atom. The molecule has 1 aliphatic rings. The fourth-order valence-electron chi connectivity index (χ4n) is 2.38. The molecule has 1 aromatic carbocycles. The normalized spacial score (nSPS) is 20.8. The zero-order valence-corrected chi connectivity index (χ0v) is 9.95. The number of benzene rings is 1. The molecule has 86 valence electrons. The summed E-state index contributed by atoms with van der Waals surface area (Å²) in [6.07, 6.45) is 3.79. The minimum absolute atomic E-state index is 0.693. The van der Waals surface area contributed by atoms with Gasteiger partial charge in [-0.1, -0.05) is 43.7 Å². The number of hydrogen-bond donors (Lipinski definition) is 1. The van der Waals surface area contributed by atoms with Gasteiger partial charge in [0, 0.05) is 18.7 Å². The zero-order chi connectivity index (χ0) is 11.4. The molecule has 16 heavy (non-hydrogen) atoms. The molecule has 0 bridgehead atoms. The van der Waals surface area contributed by atoms with Crippen LogP contribution in [0.3, 0.4) is 0 Å². The van der Waals surface area contributed by atoms with Gasteiger partial charge in [0.15, 0.2) is 0 Å². The average Bonchev–Trinajstić information content (AvgIpc) is 2.39. The van der Waals surface area contributed by atoms with Crippen LogP contribution in [-0.2, 0) is 0 Å². The number of hydrogen-bond acceptors (Lipinski definition) is 1. The number of amidine groups is 1. The molecule has 2 heteroatoms. The summed E-state index contributed by atoms with van der Waals surface area (Å²) in [5.74, 6) is 1.47. The van der Waals surface area contributed by atoms with E-state index in [1.54, 1.807) is 0 Å². The quantitative estimate of drug-likeness (QED) is 0.597. The van der Waals surface area contributed by atoms with Gasteiger partial charge in [0.25, 0.3) is 0 Å². The van der Waals surface area contributed by atoms with Gasteiger partial charge < -0.3 is 4.90 Å². The van der Waals surface area contributed by atoms with Crippen molar-refractivity contribution in [2.45, 2.75) is 26.2 Å². The molecule has 1 atom stereocenters. The van der Waals surface area contributed by atoms with Gasteiger partial charge in [0.05, 0.1) is 0 Å².